The van der Waals surface area contributed by atoms with Crippen LogP contribution in [0.5, 0.6) is 5.75 Å². The van der Waals surface area contributed by atoms with Crippen molar-refractivity contribution in [3.63, 3.8) is 0 Å². The molecule has 0 aliphatic rings. The molecule has 24 heavy (non-hydrogen) atoms. The molecular weight excluding hydrogens is 322 g/mol. The summed E-state index contributed by atoms with van der Waals surface area (Å²) in [5.74, 6) is -2.69. The minimum atomic E-state index is -1.18. The number of esters is 2. The predicted octanol–water partition coefficient (Wildman–Crippen LogP) is -2.32. The fraction of sp³-hybridized carbons (Fsp3) is 0.357. The third-order valence-corrected chi connectivity index (χ3v) is 2.59. The molecule has 10 nitrogen and oxygen atoms in total. The quantitative estimate of drug-likeness (QED) is 0.240. The summed E-state index contributed by atoms with van der Waals surface area (Å²) in [7, 11) is 0. The second-order valence-corrected chi connectivity index (χ2v) is 4.60. The summed E-state index contributed by atoms with van der Waals surface area (Å²) in [5.41, 5.74) is 16.0. The number of benzene rings is 1. The van der Waals surface area contributed by atoms with E-state index in [1.165, 1.54) is 12.1 Å². The van der Waals surface area contributed by atoms with Crippen molar-refractivity contribution >= 4 is 17.9 Å². The Balaban J connectivity index is 0.000000449. The number of aliphatic hydroxyl groups is 1. The summed E-state index contributed by atoms with van der Waals surface area (Å²) in [4.78, 5) is 31.3. The Morgan fingerprint density at radius 3 is 2.04 bits per heavy atom. The van der Waals surface area contributed by atoms with Crippen molar-refractivity contribution in [3.8, 4) is 5.75 Å². The van der Waals surface area contributed by atoms with Crippen molar-refractivity contribution in [2.45, 2.75) is 18.5 Å². The molecule has 9 N–H and O–H groups in total. The summed E-state index contributed by atoms with van der Waals surface area (Å²) in [5, 5.41) is 25.8. The van der Waals surface area contributed by atoms with E-state index in [0.29, 0.717) is 0 Å². The molecule has 0 unspecified atom stereocenters. The summed E-state index contributed by atoms with van der Waals surface area (Å²) in [6.45, 7) is -0.944. The van der Waals surface area contributed by atoms with Crippen LogP contribution in [0.1, 0.15) is 5.56 Å². The molecule has 1 aromatic carbocycles. The smallest absolute Gasteiger partial charge is 0.332 e. The van der Waals surface area contributed by atoms with Crippen molar-refractivity contribution < 1.29 is 34.4 Å². The number of carboxylic acids is 1. The molecule has 0 aliphatic carbocycles. The summed E-state index contributed by atoms with van der Waals surface area (Å²) < 4.78 is 4.06. The first-order valence-electron chi connectivity index (χ1n) is 6.78. The van der Waals surface area contributed by atoms with Crippen molar-refractivity contribution in [1.82, 2.24) is 0 Å². The molecule has 134 valence electrons. The first-order chi connectivity index (χ1) is 11.2. The van der Waals surface area contributed by atoms with Crippen molar-refractivity contribution in [2.75, 3.05) is 13.2 Å². The fourth-order valence-electron chi connectivity index (χ4n) is 1.28. The maximum absolute atomic E-state index is 10.6. The number of hydrogen-bond acceptors (Lipinski definition) is 9. The number of rotatable bonds is 6. The van der Waals surface area contributed by atoms with Gasteiger partial charge in [0.2, 0.25) is 0 Å². The number of carbonyl (C=O) groups is 3. The Labute approximate surface area is 137 Å². The molecule has 0 aromatic heterocycles. The lowest BCUT2D eigenvalue weighted by atomic mass is 10.1. The highest BCUT2D eigenvalue weighted by Gasteiger charge is 2.16. The Morgan fingerprint density at radius 2 is 1.62 bits per heavy atom. The highest BCUT2D eigenvalue weighted by atomic mass is 16.6. The van der Waals surface area contributed by atoms with Crippen LogP contribution in [-0.2, 0) is 25.5 Å². The topological polar surface area (TPSA) is 199 Å². The number of phenols is 1. The largest absolute Gasteiger partial charge is 0.508 e. The Hall–Kier alpha value is -2.53. The van der Waals surface area contributed by atoms with Gasteiger partial charge in [-0.15, -0.1) is 0 Å². The Bertz CT molecular complexity index is 548. The molecule has 0 spiro atoms. The maximum atomic E-state index is 10.6. The van der Waals surface area contributed by atoms with Gasteiger partial charge in [-0.3, -0.25) is 9.59 Å². The predicted molar refractivity (Wildman–Crippen MR) is 82.6 cm³/mol. The van der Waals surface area contributed by atoms with Gasteiger partial charge in [0.15, 0.2) is 0 Å². The van der Waals surface area contributed by atoms with Gasteiger partial charge < -0.3 is 37.3 Å². The van der Waals surface area contributed by atoms with Gasteiger partial charge in [0, 0.05) is 0 Å². The second kappa shape index (κ2) is 11.1. The van der Waals surface area contributed by atoms with Crippen LogP contribution in [0.25, 0.3) is 0 Å². The minimum Gasteiger partial charge on any atom is -0.508 e. The van der Waals surface area contributed by atoms with Crippen LogP contribution in [-0.4, -0.2) is 58.5 Å². The normalized spacial score (nSPS) is 12.3. The van der Waals surface area contributed by atoms with Crippen molar-refractivity contribution in [2.24, 2.45) is 17.2 Å². The van der Waals surface area contributed by atoms with Crippen molar-refractivity contribution in [3.05, 3.63) is 29.8 Å². The molecule has 0 heterocycles. The lowest BCUT2D eigenvalue weighted by Crippen LogP contribution is -2.37. The standard InChI is InChI=1S/C9H11NO3.C5H10N2O4/c10-8(9(12)13)5-6-1-3-7(11)4-2-6;6-1-4(9)11-5(10)3(7)2-8/h1-4,8,11H,5,10H2,(H,12,13);3,8H,1-2,6-7H2/t8-;3-/m00/s1. The molecule has 0 saturated heterocycles. The van der Waals surface area contributed by atoms with Gasteiger partial charge in [0.1, 0.15) is 17.8 Å². The zero-order valence-electron chi connectivity index (χ0n) is 12.8. The average Bonchev–Trinajstić information content (AvgIpc) is 2.56. The first-order valence-corrected chi connectivity index (χ1v) is 6.78. The number of aromatic hydroxyl groups is 1. The zero-order valence-corrected chi connectivity index (χ0v) is 12.8. The number of ether oxygens (including phenoxy) is 1. The van der Waals surface area contributed by atoms with Crippen LogP contribution in [0.4, 0.5) is 0 Å². The number of nitrogens with two attached hydrogens (primary N) is 3. The van der Waals surface area contributed by atoms with E-state index < -0.39 is 36.6 Å². The zero-order chi connectivity index (χ0) is 18.7. The number of aliphatic hydroxyl groups excluding tert-OH is 1. The number of carbonyl (C=O) groups excluding carboxylic acids is 2. The van der Waals surface area contributed by atoms with E-state index in [2.05, 4.69) is 4.74 Å². The third kappa shape index (κ3) is 8.80. The van der Waals surface area contributed by atoms with Crippen LogP contribution in [0, 0.1) is 0 Å². The van der Waals surface area contributed by atoms with Crippen LogP contribution in [0.15, 0.2) is 24.3 Å². The first kappa shape index (κ1) is 21.5. The summed E-state index contributed by atoms with van der Waals surface area (Å²) in [6, 6.07) is 4.25. The van der Waals surface area contributed by atoms with E-state index in [1.54, 1.807) is 12.1 Å². The second-order valence-electron chi connectivity index (χ2n) is 4.60. The monoisotopic (exact) mass is 343 g/mol. The van der Waals surface area contributed by atoms with E-state index >= 15 is 0 Å². The Kier molecular flexibility index (Phi) is 9.91. The van der Waals surface area contributed by atoms with Gasteiger partial charge in [0.05, 0.1) is 13.2 Å². The molecular formula is C14H21N3O7. The highest BCUT2D eigenvalue weighted by molar-refractivity contribution is 5.89. The molecule has 10 heteroatoms. The van der Waals surface area contributed by atoms with Gasteiger partial charge in [0.25, 0.3) is 0 Å². The molecule has 1 rings (SSSR count). The number of hydrogen-bond donors (Lipinski definition) is 6. The van der Waals surface area contributed by atoms with Gasteiger partial charge in [-0.1, -0.05) is 12.1 Å². The van der Waals surface area contributed by atoms with Crippen LogP contribution in [0.2, 0.25) is 0 Å². The van der Waals surface area contributed by atoms with Crippen LogP contribution < -0.4 is 17.2 Å². The summed E-state index contributed by atoms with van der Waals surface area (Å²) in [6.07, 6.45) is 0.273. The molecule has 2 atom stereocenters. The maximum Gasteiger partial charge on any atom is 0.332 e. The average molecular weight is 343 g/mol. The molecule has 0 radical (unpaired) electrons. The fourth-order valence-corrected chi connectivity index (χ4v) is 1.28. The van der Waals surface area contributed by atoms with E-state index in [0.717, 1.165) is 5.56 Å². The van der Waals surface area contributed by atoms with Gasteiger partial charge in [-0.2, -0.15) is 0 Å². The van der Waals surface area contributed by atoms with Crippen LogP contribution in [0.3, 0.4) is 0 Å². The minimum absolute atomic E-state index is 0.160. The lowest BCUT2D eigenvalue weighted by Gasteiger charge is -2.05. The van der Waals surface area contributed by atoms with E-state index in [9.17, 15) is 14.4 Å². The number of aliphatic carboxylic acids is 1. The Morgan fingerprint density at radius 1 is 1.08 bits per heavy atom. The number of carboxylic acid groups (broad SMARTS) is 1. The molecule has 0 saturated carbocycles. The highest BCUT2D eigenvalue weighted by Crippen LogP contribution is 2.10. The van der Waals surface area contributed by atoms with Crippen LogP contribution >= 0.6 is 0 Å². The van der Waals surface area contributed by atoms with E-state index in [4.69, 9.17) is 32.5 Å². The van der Waals surface area contributed by atoms with E-state index in [1.807, 2.05) is 0 Å². The number of phenolic OH excluding ortho intramolecular Hbond substituents is 1. The molecule has 0 fully saturated rings. The molecule has 0 bridgehead atoms. The van der Waals surface area contributed by atoms with E-state index in [-0.39, 0.29) is 18.7 Å². The lowest BCUT2D eigenvalue weighted by molar-refractivity contribution is -0.160. The SMILES string of the molecule is NCC(=O)OC(=O)[C@@H](N)CO.N[C@@H](Cc1ccc(O)cc1)C(=O)O. The molecule has 0 amide bonds. The van der Waals surface area contributed by atoms with Crippen molar-refractivity contribution in [1.29, 1.82) is 0 Å². The third-order valence-electron chi connectivity index (χ3n) is 2.59. The van der Waals surface area contributed by atoms with Gasteiger partial charge in [-0.25, -0.2) is 4.79 Å². The molecule has 1 aromatic rings. The molecule has 0 aliphatic heterocycles. The van der Waals surface area contributed by atoms with Gasteiger partial charge >= 0.3 is 17.9 Å². The summed E-state index contributed by atoms with van der Waals surface area (Å²) >= 11 is 0. The van der Waals surface area contributed by atoms with Gasteiger partial charge in [-0.05, 0) is 24.1 Å².